The van der Waals surface area contributed by atoms with Crippen molar-refractivity contribution in [2.45, 2.75) is 12.5 Å². The summed E-state index contributed by atoms with van der Waals surface area (Å²) >= 11 is 0. The normalized spacial score (nSPS) is 11.5. The molecule has 0 saturated carbocycles. The lowest BCUT2D eigenvalue weighted by Crippen LogP contribution is -2.30. The highest BCUT2D eigenvalue weighted by atomic mass is 16.5. The third-order valence-electron chi connectivity index (χ3n) is 3.50. The number of amides is 1. The molecule has 0 spiro atoms. The summed E-state index contributed by atoms with van der Waals surface area (Å²) in [5.41, 5.74) is 1.06. The van der Waals surface area contributed by atoms with Crippen molar-refractivity contribution in [2.24, 2.45) is 0 Å². The standard InChI is InChI=1S/C17H19NO6/c1-21-14-5-4-11(8-15(14)22-2)13(9-16(19)23-3)18-17(20)12-6-7-24-10-12/h4-8,10,13H,9H2,1-3H3,(H,18,20)/t13-/m0/s1. The summed E-state index contributed by atoms with van der Waals surface area (Å²) in [6.07, 6.45) is 2.72. The lowest BCUT2D eigenvalue weighted by molar-refractivity contribution is -0.141. The molecular formula is C17H19NO6. The van der Waals surface area contributed by atoms with Gasteiger partial charge < -0.3 is 23.9 Å². The van der Waals surface area contributed by atoms with Crippen molar-refractivity contribution >= 4 is 11.9 Å². The summed E-state index contributed by atoms with van der Waals surface area (Å²) in [6.45, 7) is 0. The van der Waals surface area contributed by atoms with E-state index >= 15 is 0 Å². The van der Waals surface area contributed by atoms with Gasteiger partial charge >= 0.3 is 5.97 Å². The Hall–Kier alpha value is -2.96. The maximum Gasteiger partial charge on any atom is 0.307 e. The Morgan fingerprint density at radius 1 is 1.12 bits per heavy atom. The van der Waals surface area contributed by atoms with Crippen molar-refractivity contribution in [3.63, 3.8) is 0 Å². The van der Waals surface area contributed by atoms with Gasteiger partial charge in [-0.25, -0.2) is 0 Å². The van der Waals surface area contributed by atoms with Crippen LogP contribution >= 0.6 is 0 Å². The molecule has 1 heterocycles. The van der Waals surface area contributed by atoms with E-state index in [9.17, 15) is 9.59 Å². The number of nitrogens with one attached hydrogen (secondary N) is 1. The first-order valence-corrected chi connectivity index (χ1v) is 7.20. The van der Waals surface area contributed by atoms with Crippen LogP contribution in [-0.4, -0.2) is 33.2 Å². The fourth-order valence-corrected chi connectivity index (χ4v) is 2.21. The molecule has 1 aromatic heterocycles. The summed E-state index contributed by atoms with van der Waals surface area (Å²) in [5.74, 6) is 0.261. The summed E-state index contributed by atoms with van der Waals surface area (Å²) in [5, 5.41) is 2.79. The molecule has 0 aliphatic carbocycles. The number of methoxy groups -OCH3 is 3. The molecule has 1 aromatic carbocycles. The molecule has 7 heteroatoms. The number of hydrogen-bond acceptors (Lipinski definition) is 6. The Labute approximate surface area is 139 Å². The highest BCUT2D eigenvalue weighted by Gasteiger charge is 2.21. The van der Waals surface area contributed by atoms with E-state index in [4.69, 9.17) is 18.6 Å². The zero-order valence-corrected chi connectivity index (χ0v) is 13.7. The molecule has 0 aliphatic rings. The summed E-state index contributed by atoms with van der Waals surface area (Å²) in [7, 11) is 4.34. The zero-order chi connectivity index (χ0) is 17.5. The highest BCUT2D eigenvalue weighted by Crippen LogP contribution is 2.31. The average molecular weight is 333 g/mol. The zero-order valence-electron chi connectivity index (χ0n) is 13.7. The number of ether oxygens (including phenoxy) is 3. The number of carbonyl (C=O) groups excluding carboxylic acids is 2. The minimum atomic E-state index is -0.584. The van der Waals surface area contributed by atoms with Gasteiger partial charge in [0.15, 0.2) is 11.5 Å². The third kappa shape index (κ3) is 4.07. The van der Waals surface area contributed by atoms with E-state index in [0.717, 1.165) is 0 Å². The lowest BCUT2D eigenvalue weighted by Gasteiger charge is -2.19. The molecule has 0 unspecified atom stereocenters. The third-order valence-corrected chi connectivity index (χ3v) is 3.50. The van der Waals surface area contributed by atoms with Gasteiger partial charge in [0.25, 0.3) is 5.91 Å². The van der Waals surface area contributed by atoms with Crippen molar-refractivity contribution < 1.29 is 28.2 Å². The van der Waals surface area contributed by atoms with Crippen LogP contribution in [0.5, 0.6) is 11.5 Å². The van der Waals surface area contributed by atoms with Gasteiger partial charge in [-0.15, -0.1) is 0 Å². The van der Waals surface area contributed by atoms with Crippen LogP contribution in [0.1, 0.15) is 28.4 Å². The van der Waals surface area contributed by atoms with Crippen LogP contribution in [0.3, 0.4) is 0 Å². The lowest BCUT2D eigenvalue weighted by atomic mass is 10.0. The molecule has 1 amide bonds. The second-order valence-electron chi connectivity index (χ2n) is 4.93. The average Bonchev–Trinajstić information content (AvgIpc) is 3.15. The van der Waals surface area contributed by atoms with Crippen LogP contribution in [0.15, 0.2) is 41.2 Å². The number of furan rings is 1. The van der Waals surface area contributed by atoms with E-state index in [1.807, 2.05) is 0 Å². The molecule has 2 aromatic rings. The quantitative estimate of drug-likeness (QED) is 0.783. The molecule has 2 rings (SSSR count). The van der Waals surface area contributed by atoms with E-state index < -0.39 is 12.0 Å². The van der Waals surface area contributed by atoms with Crippen LogP contribution in [0.4, 0.5) is 0 Å². The van der Waals surface area contributed by atoms with Crippen molar-refractivity contribution in [2.75, 3.05) is 21.3 Å². The molecule has 1 N–H and O–H groups in total. The van der Waals surface area contributed by atoms with Crippen LogP contribution in [0, 0.1) is 0 Å². The predicted molar refractivity (Wildman–Crippen MR) is 85.1 cm³/mol. The largest absolute Gasteiger partial charge is 0.493 e. The topological polar surface area (TPSA) is 87.0 Å². The Morgan fingerprint density at radius 3 is 2.46 bits per heavy atom. The number of carbonyl (C=O) groups is 2. The molecule has 24 heavy (non-hydrogen) atoms. The van der Waals surface area contributed by atoms with Crippen molar-refractivity contribution in [3.8, 4) is 11.5 Å². The molecule has 0 radical (unpaired) electrons. The first-order chi connectivity index (χ1) is 11.6. The molecular weight excluding hydrogens is 314 g/mol. The van der Waals surface area contributed by atoms with E-state index in [0.29, 0.717) is 22.6 Å². The molecule has 1 atom stereocenters. The Morgan fingerprint density at radius 2 is 1.88 bits per heavy atom. The fourth-order valence-electron chi connectivity index (χ4n) is 2.21. The van der Waals surface area contributed by atoms with E-state index in [-0.39, 0.29) is 12.3 Å². The van der Waals surface area contributed by atoms with Crippen LogP contribution in [0.25, 0.3) is 0 Å². The van der Waals surface area contributed by atoms with Crippen LogP contribution in [0.2, 0.25) is 0 Å². The smallest absolute Gasteiger partial charge is 0.307 e. The molecule has 0 aliphatic heterocycles. The second kappa shape index (κ2) is 8.05. The summed E-state index contributed by atoms with van der Waals surface area (Å²) < 4.78 is 20.1. The monoisotopic (exact) mass is 333 g/mol. The summed E-state index contributed by atoms with van der Waals surface area (Å²) in [6, 6.07) is 6.13. The Bertz CT molecular complexity index is 695. The number of rotatable bonds is 7. The van der Waals surface area contributed by atoms with Crippen LogP contribution in [-0.2, 0) is 9.53 Å². The Balaban J connectivity index is 2.28. The summed E-state index contributed by atoms with van der Waals surface area (Å²) in [4.78, 5) is 24.0. The van der Waals surface area contributed by atoms with E-state index in [2.05, 4.69) is 5.32 Å². The highest BCUT2D eigenvalue weighted by molar-refractivity contribution is 5.94. The molecule has 0 saturated heterocycles. The van der Waals surface area contributed by atoms with Crippen molar-refractivity contribution in [1.82, 2.24) is 5.32 Å². The minimum absolute atomic E-state index is 0.0183. The maximum absolute atomic E-state index is 12.3. The number of benzene rings is 1. The fraction of sp³-hybridized carbons (Fsp3) is 0.294. The van der Waals surface area contributed by atoms with E-state index in [1.165, 1.54) is 33.9 Å². The predicted octanol–water partition coefficient (Wildman–Crippen LogP) is 2.33. The van der Waals surface area contributed by atoms with Gasteiger partial charge in [-0.3, -0.25) is 9.59 Å². The van der Waals surface area contributed by atoms with E-state index in [1.54, 1.807) is 24.3 Å². The van der Waals surface area contributed by atoms with Gasteiger partial charge in [0.2, 0.25) is 0 Å². The van der Waals surface area contributed by atoms with Gasteiger partial charge in [0.05, 0.1) is 45.6 Å². The Kier molecular flexibility index (Phi) is 5.83. The van der Waals surface area contributed by atoms with Crippen molar-refractivity contribution in [1.29, 1.82) is 0 Å². The van der Waals surface area contributed by atoms with Gasteiger partial charge in [-0.05, 0) is 23.8 Å². The molecule has 128 valence electrons. The second-order valence-corrected chi connectivity index (χ2v) is 4.93. The molecule has 0 fully saturated rings. The number of hydrogen-bond donors (Lipinski definition) is 1. The maximum atomic E-state index is 12.3. The number of esters is 1. The molecule has 0 bridgehead atoms. The van der Waals surface area contributed by atoms with Gasteiger partial charge in [-0.2, -0.15) is 0 Å². The van der Waals surface area contributed by atoms with Gasteiger partial charge in [0.1, 0.15) is 6.26 Å². The first kappa shape index (κ1) is 17.4. The van der Waals surface area contributed by atoms with Crippen molar-refractivity contribution in [3.05, 3.63) is 47.9 Å². The van der Waals surface area contributed by atoms with Gasteiger partial charge in [-0.1, -0.05) is 6.07 Å². The first-order valence-electron chi connectivity index (χ1n) is 7.20. The minimum Gasteiger partial charge on any atom is -0.493 e. The molecule has 7 nitrogen and oxygen atoms in total. The SMILES string of the molecule is COC(=O)C[C@H](NC(=O)c1ccoc1)c1ccc(OC)c(OC)c1. The van der Waals surface area contributed by atoms with Gasteiger partial charge in [0, 0.05) is 0 Å². The van der Waals surface area contributed by atoms with Crippen LogP contribution < -0.4 is 14.8 Å².